The lowest BCUT2D eigenvalue weighted by molar-refractivity contribution is -0.174. The predicted molar refractivity (Wildman–Crippen MR) is 111 cm³/mol. The van der Waals surface area contributed by atoms with Crippen LogP contribution in [-0.4, -0.2) is 42.1 Å². The van der Waals surface area contributed by atoms with Crippen LogP contribution in [0.1, 0.15) is 36.2 Å². The fourth-order valence-corrected chi connectivity index (χ4v) is 5.24. The summed E-state index contributed by atoms with van der Waals surface area (Å²) < 4.78 is 10.8. The lowest BCUT2D eigenvalue weighted by atomic mass is 9.48. The number of hydrogen-bond donors (Lipinski definition) is 1. The van der Waals surface area contributed by atoms with Crippen LogP contribution < -0.4 is 4.74 Å². The van der Waals surface area contributed by atoms with E-state index in [0.29, 0.717) is 37.4 Å². The summed E-state index contributed by atoms with van der Waals surface area (Å²) in [5.74, 6) is -0.0113. The fraction of sp³-hybridized carbons (Fsp3) is 0.417. The molecule has 0 unspecified atom stereocenters. The summed E-state index contributed by atoms with van der Waals surface area (Å²) in [4.78, 5) is 27.4. The number of aromatic hydroxyl groups is 1. The second-order valence-electron chi connectivity index (χ2n) is 9.04. The second kappa shape index (κ2) is 7.35. The summed E-state index contributed by atoms with van der Waals surface area (Å²) in [6, 6.07) is 14.3. The van der Waals surface area contributed by atoms with Crippen molar-refractivity contribution in [2.75, 3.05) is 20.2 Å². The Kier molecular flexibility index (Phi) is 4.96. The molecular weight excluding hydrogens is 382 g/mol. The maximum Gasteiger partial charge on any atom is 0.314 e. The molecule has 1 aliphatic carbocycles. The van der Waals surface area contributed by atoms with E-state index in [2.05, 4.69) is 13.8 Å². The Bertz CT molecular complexity index is 971. The van der Waals surface area contributed by atoms with Crippen LogP contribution in [0.3, 0.4) is 0 Å². The number of nitrogens with zero attached hydrogens (tertiary/aromatic N) is 1. The first-order valence-electron chi connectivity index (χ1n) is 10.1. The van der Waals surface area contributed by atoms with E-state index in [0.717, 1.165) is 5.56 Å². The van der Waals surface area contributed by atoms with Gasteiger partial charge in [-0.15, -0.1) is 0 Å². The maximum absolute atomic E-state index is 13.2. The number of benzene rings is 2. The maximum atomic E-state index is 13.2. The van der Waals surface area contributed by atoms with E-state index >= 15 is 0 Å². The van der Waals surface area contributed by atoms with Crippen LogP contribution in [0, 0.1) is 16.7 Å². The largest absolute Gasteiger partial charge is 0.508 e. The summed E-state index contributed by atoms with van der Waals surface area (Å²) in [6.45, 7) is 5.41. The molecule has 2 atom stereocenters. The van der Waals surface area contributed by atoms with Crippen molar-refractivity contribution in [2.24, 2.45) is 16.7 Å². The van der Waals surface area contributed by atoms with E-state index in [9.17, 15) is 14.7 Å². The molecule has 30 heavy (non-hydrogen) atoms. The highest BCUT2D eigenvalue weighted by Gasteiger charge is 2.68. The number of amides is 1. The highest BCUT2D eigenvalue weighted by molar-refractivity contribution is 5.96. The van der Waals surface area contributed by atoms with Gasteiger partial charge < -0.3 is 19.5 Å². The summed E-state index contributed by atoms with van der Waals surface area (Å²) in [5, 5.41) is 10.1. The molecule has 4 rings (SSSR count). The number of likely N-dealkylation sites (tertiary alicyclic amines) is 1. The SMILES string of the molecule is COC(=O)[C@@]12CN(C(=O)c3cc(O)cc(OCc4ccccc4)c3)C[C@@H]1C(C)(C)C2. The third-order valence-electron chi connectivity index (χ3n) is 6.52. The Balaban J connectivity index is 1.52. The predicted octanol–water partition coefficient (Wildman–Crippen LogP) is 3.63. The first-order chi connectivity index (χ1) is 14.2. The first-order valence-corrected chi connectivity index (χ1v) is 10.1. The number of esters is 1. The number of phenolic OH excluding ortho intramolecular Hbond substituents is 1. The van der Waals surface area contributed by atoms with Crippen molar-refractivity contribution in [1.29, 1.82) is 0 Å². The van der Waals surface area contributed by atoms with E-state index in [1.165, 1.54) is 19.2 Å². The molecule has 1 heterocycles. The molecule has 2 aliphatic rings. The third-order valence-corrected chi connectivity index (χ3v) is 6.52. The van der Waals surface area contributed by atoms with Crippen molar-refractivity contribution in [3.05, 3.63) is 59.7 Å². The Morgan fingerprint density at radius 2 is 1.90 bits per heavy atom. The van der Waals surface area contributed by atoms with Gasteiger partial charge in [0.05, 0.1) is 12.5 Å². The second-order valence-corrected chi connectivity index (χ2v) is 9.04. The number of fused-ring (bicyclic) bond motifs is 1. The Morgan fingerprint density at radius 1 is 1.17 bits per heavy atom. The smallest absolute Gasteiger partial charge is 0.314 e. The quantitative estimate of drug-likeness (QED) is 0.763. The molecule has 1 amide bonds. The molecule has 0 bridgehead atoms. The van der Waals surface area contributed by atoms with Crippen LogP contribution in [0.4, 0.5) is 0 Å². The van der Waals surface area contributed by atoms with Gasteiger partial charge in [0.15, 0.2) is 0 Å². The number of carbonyl (C=O) groups is 2. The number of carbonyl (C=O) groups excluding carboxylic acids is 2. The molecular formula is C24H27NO5. The van der Waals surface area contributed by atoms with Crippen LogP contribution in [-0.2, 0) is 16.1 Å². The molecule has 158 valence electrons. The van der Waals surface area contributed by atoms with Crippen LogP contribution in [0.15, 0.2) is 48.5 Å². The number of hydrogen-bond acceptors (Lipinski definition) is 5. The van der Waals surface area contributed by atoms with Gasteiger partial charge in [-0.2, -0.15) is 0 Å². The van der Waals surface area contributed by atoms with Gasteiger partial charge in [-0.3, -0.25) is 9.59 Å². The van der Waals surface area contributed by atoms with Gasteiger partial charge in [0.25, 0.3) is 5.91 Å². The van der Waals surface area contributed by atoms with Crippen molar-refractivity contribution in [1.82, 2.24) is 4.90 Å². The normalized spacial score (nSPS) is 24.0. The highest BCUT2D eigenvalue weighted by Crippen LogP contribution is 2.63. The van der Waals surface area contributed by atoms with E-state index in [1.54, 1.807) is 11.0 Å². The standard InChI is InChI=1S/C24H27NO5/c1-23(2)14-24(22(28)29-3)15-25(12-20(23)24)21(27)17-9-18(26)11-19(10-17)30-13-16-7-5-4-6-8-16/h4-11,20,26H,12-15H2,1-3H3/t20-,24+/m1/s1. The summed E-state index contributed by atoms with van der Waals surface area (Å²) in [6.07, 6.45) is 0.701. The minimum atomic E-state index is -0.628. The van der Waals surface area contributed by atoms with Gasteiger partial charge >= 0.3 is 5.97 Å². The van der Waals surface area contributed by atoms with Crippen LogP contribution in [0.5, 0.6) is 11.5 Å². The zero-order valence-corrected chi connectivity index (χ0v) is 17.6. The van der Waals surface area contributed by atoms with Gasteiger partial charge in [0.2, 0.25) is 0 Å². The van der Waals surface area contributed by atoms with Gasteiger partial charge in [-0.1, -0.05) is 44.2 Å². The van der Waals surface area contributed by atoms with E-state index in [-0.39, 0.29) is 29.0 Å². The van der Waals surface area contributed by atoms with Gasteiger partial charge in [0, 0.05) is 24.7 Å². The van der Waals surface area contributed by atoms with Crippen LogP contribution in [0.2, 0.25) is 0 Å². The number of phenols is 1. The monoisotopic (exact) mass is 409 g/mol. The highest BCUT2D eigenvalue weighted by atomic mass is 16.5. The zero-order chi connectivity index (χ0) is 21.5. The van der Waals surface area contributed by atoms with Crippen molar-refractivity contribution in [3.8, 4) is 11.5 Å². The zero-order valence-electron chi connectivity index (χ0n) is 17.6. The third kappa shape index (κ3) is 3.40. The van der Waals surface area contributed by atoms with E-state index in [1.807, 2.05) is 30.3 Å². The summed E-state index contributed by atoms with van der Waals surface area (Å²) >= 11 is 0. The molecule has 1 aliphatic heterocycles. The van der Waals surface area contributed by atoms with E-state index in [4.69, 9.17) is 9.47 Å². The molecule has 2 fully saturated rings. The van der Waals surface area contributed by atoms with Gasteiger partial charge in [-0.25, -0.2) is 0 Å². The molecule has 1 N–H and O–H groups in total. The van der Waals surface area contributed by atoms with Crippen molar-refractivity contribution >= 4 is 11.9 Å². The number of methoxy groups -OCH3 is 1. The molecule has 1 saturated heterocycles. The summed E-state index contributed by atoms with van der Waals surface area (Å²) in [7, 11) is 1.40. The minimum Gasteiger partial charge on any atom is -0.508 e. The first kappa shape index (κ1) is 20.3. The van der Waals surface area contributed by atoms with E-state index < -0.39 is 5.41 Å². The molecule has 0 spiro atoms. The minimum absolute atomic E-state index is 0.0218. The van der Waals surface area contributed by atoms with Crippen LogP contribution in [0.25, 0.3) is 0 Å². The average Bonchev–Trinajstić information content (AvgIpc) is 3.07. The molecule has 0 radical (unpaired) electrons. The van der Waals surface area contributed by atoms with Crippen molar-refractivity contribution in [3.63, 3.8) is 0 Å². The van der Waals surface area contributed by atoms with Crippen molar-refractivity contribution < 1.29 is 24.2 Å². The molecule has 2 aromatic rings. The Hall–Kier alpha value is -3.02. The van der Waals surface area contributed by atoms with Gasteiger partial charge in [0.1, 0.15) is 18.1 Å². The molecule has 2 aromatic carbocycles. The topological polar surface area (TPSA) is 76.1 Å². The lowest BCUT2D eigenvalue weighted by Gasteiger charge is -2.54. The Morgan fingerprint density at radius 3 is 2.57 bits per heavy atom. The Labute approximate surface area is 176 Å². The average molecular weight is 409 g/mol. The number of ether oxygens (including phenoxy) is 2. The molecule has 6 nitrogen and oxygen atoms in total. The molecule has 6 heteroatoms. The number of rotatable bonds is 5. The molecule has 0 aromatic heterocycles. The summed E-state index contributed by atoms with van der Waals surface area (Å²) in [5.41, 5.74) is 0.688. The fourth-order valence-electron chi connectivity index (χ4n) is 5.24. The van der Waals surface area contributed by atoms with Crippen molar-refractivity contribution in [2.45, 2.75) is 26.9 Å². The lowest BCUT2D eigenvalue weighted by Crippen LogP contribution is -2.57. The van der Waals surface area contributed by atoms with Gasteiger partial charge in [-0.05, 0) is 35.4 Å². The van der Waals surface area contributed by atoms with Crippen LogP contribution >= 0.6 is 0 Å². The molecule has 1 saturated carbocycles.